The highest BCUT2D eigenvalue weighted by Crippen LogP contribution is 2.30. The van der Waals surface area contributed by atoms with Gasteiger partial charge in [0.15, 0.2) is 0 Å². The van der Waals surface area contributed by atoms with Gasteiger partial charge in [0.25, 0.3) is 0 Å². The summed E-state index contributed by atoms with van der Waals surface area (Å²) >= 11 is 0. The minimum atomic E-state index is -0.311. The van der Waals surface area contributed by atoms with Crippen molar-refractivity contribution in [1.82, 2.24) is 5.32 Å². The molecule has 0 saturated heterocycles. The summed E-state index contributed by atoms with van der Waals surface area (Å²) in [7, 11) is 0. The van der Waals surface area contributed by atoms with E-state index in [0.717, 1.165) is 37.7 Å². The van der Waals surface area contributed by atoms with Crippen molar-refractivity contribution in [1.29, 1.82) is 0 Å². The first-order valence-electron chi connectivity index (χ1n) is 8.43. The lowest BCUT2D eigenvalue weighted by atomic mass is 9.84. The van der Waals surface area contributed by atoms with Gasteiger partial charge in [-0.1, -0.05) is 37.1 Å². The van der Waals surface area contributed by atoms with Crippen molar-refractivity contribution in [3.05, 3.63) is 35.4 Å². The van der Waals surface area contributed by atoms with E-state index in [0.29, 0.717) is 13.0 Å². The number of rotatable bonds is 4. The zero-order chi connectivity index (χ0) is 16.2. The van der Waals surface area contributed by atoms with Crippen molar-refractivity contribution in [2.75, 3.05) is 6.61 Å². The van der Waals surface area contributed by atoms with Crippen molar-refractivity contribution < 1.29 is 14.3 Å². The van der Waals surface area contributed by atoms with E-state index >= 15 is 0 Å². The lowest BCUT2D eigenvalue weighted by Gasteiger charge is -2.31. The molecule has 1 fully saturated rings. The van der Waals surface area contributed by atoms with Gasteiger partial charge in [-0.25, -0.2) is 0 Å². The number of hydrogen-bond acceptors (Lipinski definition) is 3. The van der Waals surface area contributed by atoms with Crippen LogP contribution in [0.1, 0.15) is 49.3 Å². The molecule has 1 heterocycles. The normalized spacial score (nSPS) is 27.0. The number of benzene rings is 1. The first-order chi connectivity index (χ1) is 11.1. The summed E-state index contributed by atoms with van der Waals surface area (Å²) in [5.41, 5.74) is 7.82. The minimum absolute atomic E-state index is 0.0650. The van der Waals surface area contributed by atoms with Crippen molar-refractivity contribution in [3.63, 3.8) is 0 Å². The van der Waals surface area contributed by atoms with Gasteiger partial charge in [0.1, 0.15) is 0 Å². The molecule has 2 aliphatic rings. The summed E-state index contributed by atoms with van der Waals surface area (Å²) in [6.07, 6.45) is 4.59. The summed E-state index contributed by atoms with van der Waals surface area (Å²) in [6.45, 7) is 0.641. The summed E-state index contributed by atoms with van der Waals surface area (Å²) < 4.78 is 5.79. The van der Waals surface area contributed by atoms with E-state index in [-0.39, 0.29) is 29.9 Å². The van der Waals surface area contributed by atoms with Crippen LogP contribution in [-0.4, -0.2) is 24.5 Å². The predicted molar refractivity (Wildman–Crippen MR) is 86.5 cm³/mol. The molecule has 23 heavy (non-hydrogen) atoms. The highest BCUT2D eigenvalue weighted by molar-refractivity contribution is 5.81. The van der Waals surface area contributed by atoms with Crippen LogP contribution in [-0.2, 0) is 20.7 Å². The van der Waals surface area contributed by atoms with E-state index in [1.165, 1.54) is 5.56 Å². The van der Waals surface area contributed by atoms with Crippen molar-refractivity contribution in [3.8, 4) is 0 Å². The summed E-state index contributed by atoms with van der Waals surface area (Å²) in [5.74, 6) is -0.619. The van der Waals surface area contributed by atoms with Crippen molar-refractivity contribution in [2.45, 2.75) is 50.7 Å². The first kappa shape index (κ1) is 16.0. The fourth-order valence-corrected chi connectivity index (χ4v) is 3.72. The van der Waals surface area contributed by atoms with Crippen LogP contribution >= 0.6 is 0 Å². The number of ether oxygens (including phenoxy) is 1. The molecule has 0 radical (unpaired) electrons. The van der Waals surface area contributed by atoms with Gasteiger partial charge in [-0.05, 0) is 30.4 Å². The molecular weight excluding hydrogens is 292 g/mol. The molecule has 3 unspecified atom stereocenters. The molecule has 0 spiro atoms. The Bertz CT molecular complexity index is 587. The topological polar surface area (TPSA) is 81.4 Å². The predicted octanol–water partition coefficient (Wildman–Crippen LogP) is 1.85. The average Bonchev–Trinajstić information content (AvgIpc) is 2.55. The van der Waals surface area contributed by atoms with E-state index in [1.54, 1.807) is 0 Å². The Labute approximate surface area is 136 Å². The molecule has 2 amide bonds. The number of nitrogens with one attached hydrogen (secondary N) is 1. The van der Waals surface area contributed by atoms with Gasteiger partial charge in [-0.2, -0.15) is 0 Å². The Morgan fingerprint density at radius 2 is 2.00 bits per heavy atom. The smallest absolute Gasteiger partial charge is 0.223 e. The highest BCUT2D eigenvalue weighted by atomic mass is 16.5. The molecule has 1 saturated carbocycles. The highest BCUT2D eigenvalue weighted by Gasteiger charge is 2.31. The molecular formula is C18H24N2O3. The molecule has 1 aromatic rings. The van der Waals surface area contributed by atoms with Gasteiger partial charge in [0.2, 0.25) is 11.8 Å². The molecule has 3 rings (SSSR count). The van der Waals surface area contributed by atoms with Gasteiger partial charge < -0.3 is 15.8 Å². The fourth-order valence-electron chi connectivity index (χ4n) is 3.72. The van der Waals surface area contributed by atoms with Crippen LogP contribution in [0.15, 0.2) is 24.3 Å². The number of amides is 2. The van der Waals surface area contributed by atoms with E-state index in [1.807, 2.05) is 18.2 Å². The van der Waals surface area contributed by atoms with Crippen LogP contribution in [0.2, 0.25) is 0 Å². The van der Waals surface area contributed by atoms with E-state index in [9.17, 15) is 9.59 Å². The van der Waals surface area contributed by atoms with Gasteiger partial charge >= 0.3 is 0 Å². The van der Waals surface area contributed by atoms with Crippen LogP contribution in [0.3, 0.4) is 0 Å². The number of nitrogens with two attached hydrogens (primary N) is 1. The Morgan fingerprint density at radius 3 is 2.83 bits per heavy atom. The van der Waals surface area contributed by atoms with Crippen LogP contribution in [0.5, 0.6) is 0 Å². The van der Waals surface area contributed by atoms with E-state index in [2.05, 4.69) is 11.4 Å². The summed E-state index contributed by atoms with van der Waals surface area (Å²) in [5, 5.41) is 3.01. The zero-order valence-corrected chi connectivity index (χ0v) is 13.3. The van der Waals surface area contributed by atoms with Crippen LogP contribution in [0, 0.1) is 5.92 Å². The van der Waals surface area contributed by atoms with Crippen LogP contribution < -0.4 is 11.1 Å². The number of hydrogen-bond donors (Lipinski definition) is 2. The maximum Gasteiger partial charge on any atom is 0.223 e. The molecule has 124 valence electrons. The summed E-state index contributed by atoms with van der Waals surface area (Å²) in [6, 6.07) is 7.97. The molecule has 0 aromatic heterocycles. The van der Waals surface area contributed by atoms with E-state index in [4.69, 9.17) is 10.5 Å². The molecule has 1 aliphatic carbocycles. The first-order valence-corrected chi connectivity index (χ1v) is 8.43. The number of fused-ring (bicyclic) bond motifs is 1. The quantitative estimate of drug-likeness (QED) is 0.889. The maximum atomic E-state index is 12.4. The number of primary amides is 1. The molecule has 3 N–H and O–H groups in total. The maximum absolute atomic E-state index is 12.4. The van der Waals surface area contributed by atoms with Crippen LogP contribution in [0.25, 0.3) is 0 Å². The monoisotopic (exact) mass is 316 g/mol. The third-order valence-corrected chi connectivity index (χ3v) is 4.94. The fraction of sp³-hybridized carbons (Fsp3) is 0.556. The third kappa shape index (κ3) is 3.72. The van der Waals surface area contributed by atoms with Gasteiger partial charge in [0, 0.05) is 6.04 Å². The molecule has 0 bridgehead atoms. The third-order valence-electron chi connectivity index (χ3n) is 4.94. The van der Waals surface area contributed by atoms with Crippen LogP contribution in [0.4, 0.5) is 0 Å². The van der Waals surface area contributed by atoms with Gasteiger partial charge in [-0.15, -0.1) is 0 Å². The summed E-state index contributed by atoms with van der Waals surface area (Å²) in [4.78, 5) is 24.0. The van der Waals surface area contributed by atoms with Gasteiger partial charge in [-0.3, -0.25) is 9.59 Å². The Hall–Kier alpha value is -1.88. The number of carbonyl (C=O) groups excluding carboxylic acids is 2. The lowest BCUT2D eigenvalue weighted by Crippen LogP contribution is -2.47. The largest absolute Gasteiger partial charge is 0.373 e. The number of carbonyl (C=O) groups is 2. The standard InChI is InChI=1S/C18H24N2O3/c19-18(22)14-7-3-4-8-15(14)20-17(21)11-16-13-6-2-1-5-12(13)9-10-23-16/h1-2,5-6,14-16H,3-4,7-11H2,(H2,19,22)(H,20,21). The molecule has 1 aromatic carbocycles. The molecule has 5 heteroatoms. The van der Waals surface area contributed by atoms with E-state index < -0.39 is 0 Å². The zero-order valence-electron chi connectivity index (χ0n) is 13.3. The molecule has 5 nitrogen and oxygen atoms in total. The second-order valence-electron chi connectivity index (χ2n) is 6.48. The Morgan fingerprint density at radius 1 is 1.22 bits per heavy atom. The average molecular weight is 316 g/mol. The van der Waals surface area contributed by atoms with Crippen molar-refractivity contribution in [2.24, 2.45) is 11.7 Å². The molecule has 3 atom stereocenters. The second kappa shape index (κ2) is 7.13. The SMILES string of the molecule is NC(=O)C1CCCCC1NC(=O)CC1OCCc2ccccc21. The minimum Gasteiger partial charge on any atom is -0.373 e. The Balaban J connectivity index is 1.62. The molecule has 1 aliphatic heterocycles. The second-order valence-corrected chi connectivity index (χ2v) is 6.48. The van der Waals surface area contributed by atoms with Crippen molar-refractivity contribution >= 4 is 11.8 Å². The van der Waals surface area contributed by atoms with Gasteiger partial charge in [0.05, 0.1) is 25.0 Å². The Kier molecular flexibility index (Phi) is 4.96. The lowest BCUT2D eigenvalue weighted by molar-refractivity contribution is -0.127.